The molecule has 0 radical (unpaired) electrons. The SMILES string of the molecule is C#CC1(C)C(CC(C)O)=CC=CC1N. The summed E-state index contributed by atoms with van der Waals surface area (Å²) in [5.74, 6) is 2.73. The summed E-state index contributed by atoms with van der Waals surface area (Å²) >= 11 is 0. The monoisotopic (exact) mass is 191 g/mol. The standard InChI is InChI=1S/C12H17NO/c1-4-12(3)10(8-9(2)14)6-5-7-11(12)13/h1,5-7,9,11,14H,8,13H2,2-3H3. The van der Waals surface area contributed by atoms with E-state index in [1.54, 1.807) is 6.92 Å². The average molecular weight is 191 g/mol. The van der Waals surface area contributed by atoms with Crippen molar-refractivity contribution in [2.45, 2.75) is 32.4 Å². The van der Waals surface area contributed by atoms with Crippen molar-refractivity contribution in [1.29, 1.82) is 0 Å². The summed E-state index contributed by atoms with van der Waals surface area (Å²) in [6, 6.07) is -0.161. The molecule has 0 saturated heterocycles. The number of aliphatic hydroxyl groups excluding tert-OH is 1. The van der Waals surface area contributed by atoms with E-state index in [1.807, 2.05) is 25.2 Å². The highest BCUT2D eigenvalue weighted by atomic mass is 16.3. The van der Waals surface area contributed by atoms with Crippen LogP contribution in [0.15, 0.2) is 23.8 Å². The Labute approximate surface area is 85.5 Å². The number of aliphatic hydroxyl groups is 1. The molecular weight excluding hydrogens is 174 g/mol. The molecule has 0 spiro atoms. The van der Waals surface area contributed by atoms with Crippen molar-refractivity contribution in [3.05, 3.63) is 23.8 Å². The van der Waals surface area contributed by atoms with Crippen molar-refractivity contribution in [2.24, 2.45) is 11.1 Å². The van der Waals surface area contributed by atoms with Gasteiger partial charge in [-0.15, -0.1) is 6.42 Å². The maximum absolute atomic E-state index is 9.34. The summed E-state index contributed by atoms with van der Waals surface area (Å²) in [5, 5.41) is 9.34. The second-order valence-corrected chi connectivity index (χ2v) is 4.00. The van der Waals surface area contributed by atoms with Gasteiger partial charge >= 0.3 is 0 Å². The first-order valence-electron chi connectivity index (χ1n) is 4.80. The minimum Gasteiger partial charge on any atom is -0.393 e. The Morgan fingerprint density at radius 2 is 2.43 bits per heavy atom. The Hall–Kier alpha value is -1.04. The third-order valence-electron chi connectivity index (χ3n) is 2.76. The van der Waals surface area contributed by atoms with Crippen molar-refractivity contribution in [2.75, 3.05) is 0 Å². The first-order valence-corrected chi connectivity index (χ1v) is 4.80. The minimum absolute atomic E-state index is 0.161. The molecule has 1 aliphatic rings. The number of terminal acetylenes is 1. The minimum atomic E-state index is -0.453. The molecule has 0 aliphatic heterocycles. The zero-order chi connectivity index (χ0) is 10.8. The molecule has 2 heteroatoms. The van der Waals surface area contributed by atoms with E-state index < -0.39 is 5.41 Å². The lowest BCUT2D eigenvalue weighted by Gasteiger charge is -2.34. The normalized spacial score (nSPS) is 33.4. The maximum atomic E-state index is 9.34. The van der Waals surface area contributed by atoms with E-state index in [2.05, 4.69) is 5.92 Å². The Bertz CT molecular complexity index is 309. The molecule has 0 amide bonds. The topological polar surface area (TPSA) is 46.2 Å². The fraction of sp³-hybridized carbons (Fsp3) is 0.500. The van der Waals surface area contributed by atoms with Gasteiger partial charge in [0.1, 0.15) is 0 Å². The predicted octanol–water partition coefficient (Wildman–Crippen LogP) is 1.22. The molecule has 0 heterocycles. The van der Waals surface area contributed by atoms with Crippen molar-refractivity contribution in [3.8, 4) is 12.3 Å². The summed E-state index contributed by atoms with van der Waals surface area (Å²) in [6.45, 7) is 3.69. The molecule has 2 nitrogen and oxygen atoms in total. The van der Waals surface area contributed by atoms with Crippen LogP contribution in [-0.2, 0) is 0 Å². The summed E-state index contributed by atoms with van der Waals surface area (Å²) in [6.07, 6.45) is 11.5. The average Bonchev–Trinajstić information content (AvgIpc) is 2.12. The zero-order valence-corrected chi connectivity index (χ0v) is 8.70. The predicted molar refractivity (Wildman–Crippen MR) is 58.4 cm³/mol. The highest BCUT2D eigenvalue weighted by Gasteiger charge is 2.33. The third kappa shape index (κ3) is 1.89. The molecule has 3 N–H and O–H groups in total. The Morgan fingerprint density at radius 1 is 1.79 bits per heavy atom. The van der Waals surface area contributed by atoms with E-state index in [9.17, 15) is 5.11 Å². The highest BCUT2D eigenvalue weighted by Crippen LogP contribution is 2.35. The van der Waals surface area contributed by atoms with Crippen molar-refractivity contribution in [1.82, 2.24) is 0 Å². The fourth-order valence-electron chi connectivity index (χ4n) is 1.66. The largest absolute Gasteiger partial charge is 0.393 e. The first kappa shape index (κ1) is 11.0. The molecule has 14 heavy (non-hydrogen) atoms. The molecule has 0 aromatic carbocycles. The molecule has 0 aromatic rings. The molecule has 76 valence electrons. The van der Waals surface area contributed by atoms with Gasteiger partial charge in [0.2, 0.25) is 0 Å². The molecule has 0 saturated carbocycles. The van der Waals surface area contributed by atoms with Crippen LogP contribution in [0.3, 0.4) is 0 Å². The second-order valence-electron chi connectivity index (χ2n) is 4.00. The third-order valence-corrected chi connectivity index (χ3v) is 2.76. The van der Waals surface area contributed by atoms with E-state index in [0.29, 0.717) is 6.42 Å². The Morgan fingerprint density at radius 3 is 2.93 bits per heavy atom. The van der Waals surface area contributed by atoms with Gasteiger partial charge in [-0.25, -0.2) is 0 Å². The number of nitrogens with two attached hydrogens (primary N) is 1. The maximum Gasteiger partial charge on any atom is 0.0682 e. The van der Waals surface area contributed by atoms with Crippen LogP contribution in [0.5, 0.6) is 0 Å². The van der Waals surface area contributed by atoms with E-state index in [4.69, 9.17) is 12.2 Å². The molecule has 0 fully saturated rings. The van der Waals surface area contributed by atoms with Crippen LogP contribution in [-0.4, -0.2) is 17.3 Å². The van der Waals surface area contributed by atoms with E-state index in [-0.39, 0.29) is 12.1 Å². The summed E-state index contributed by atoms with van der Waals surface area (Å²) in [7, 11) is 0. The van der Waals surface area contributed by atoms with E-state index >= 15 is 0 Å². The van der Waals surface area contributed by atoms with Crippen molar-refractivity contribution < 1.29 is 5.11 Å². The molecule has 1 rings (SSSR count). The van der Waals surface area contributed by atoms with Gasteiger partial charge in [0.25, 0.3) is 0 Å². The molecule has 0 bridgehead atoms. The van der Waals surface area contributed by atoms with Gasteiger partial charge < -0.3 is 10.8 Å². The lowest BCUT2D eigenvalue weighted by molar-refractivity contribution is 0.188. The van der Waals surface area contributed by atoms with Crippen LogP contribution >= 0.6 is 0 Å². The number of hydrogen-bond donors (Lipinski definition) is 2. The number of hydrogen-bond acceptors (Lipinski definition) is 2. The summed E-state index contributed by atoms with van der Waals surface area (Å²) in [5.41, 5.74) is 6.52. The number of allylic oxidation sites excluding steroid dienone is 2. The van der Waals surface area contributed by atoms with Gasteiger partial charge in [-0.2, -0.15) is 0 Å². The van der Waals surface area contributed by atoms with Gasteiger partial charge in [0.05, 0.1) is 11.5 Å². The van der Waals surface area contributed by atoms with Crippen LogP contribution in [0.1, 0.15) is 20.3 Å². The summed E-state index contributed by atoms with van der Waals surface area (Å²) in [4.78, 5) is 0. The Kier molecular flexibility index (Phi) is 3.15. The second kappa shape index (κ2) is 4.00. The molecular formula is C12H17NO. The fourth-order valence-corrected chi connectivity index (χ4v) is 1.66. The van der Waals surface area contributed by atoms with Gasteiger partial charge in [-0.1, -0.05) is 24.1 Å². The van der Waals surface area contributed by atoms with Gasteiger partial charge in [0.15, 0.2) is 0 Å². The summed E-state index contributed by atoms with van der Waals surface area (Å²) < 4.78 is 0. The lowest BCUT2D eigenvalue weighted by atomic mass is 9.72. The Balaban J connectivity index is 2.96. The van der Waals surface area contributed by atoms with Crippen LogP contribution in [0.4, 0.5) is 0 Å². The van der Waals surface area contributed by atoms with Gasteiger partial charge in [-0.3, -0.25) is 0 Å². The van der Waals surface area contributed by atoms with E-state index in [0.717, 1.165) is 5.57 Å². The number of rotatable bonds is 2. The molecule has 0 aromatic heterocycles. The molecule has 1 aliphatic carbocycles. The quantitative estimate of drug-likeness (QED) is 0.645. The smallest absolute Gasteiger partial charge is 0.0682 e. The highest BCUT2D eigenvalue weighted by molar-refractivity contribution is 5.37. The van der Waals surface area contributed by atoms with Crippen molar-refractivity contribution >= 4 is 0 Å². The molecule has 3 atom stereocenters. The zero-order valence-electron chi connectivity index (χ0n) is 8.70. The first-order chi connectivity index (χ1) is 6.50. The van der Waals surface area contributed by atoms with Gasteiger partial charge in [-0.05, 0) is 25.8 Å². The van der Waals surface area contributed by atoms with Crippen LogP contribution < -0.4 is 5.73 Å². The van der Waals surface area contributed by atoms with Gasteiger partial charge in [0, 0.05) is 6.04 Å². The lowest BCUT2D eigenvalue weighted by Crippen LogP contribution is -2.40. The van der Waals surface area contributed by atoms with Crippen LogP contribution in [0, 0.1) is 17.8 Å². The van der Waals surface area contributed by atoms with E-state index in [1.165, 1.54) is 0 Å². The van der Waals surface area contributed by atoms with Crippen molar-refractivity contribution in [3.63, 3.8) is 0 Å². The van der Waals surface area contributed by atoms with Crippen LogP contribution in [0.2, 0.25) is 0 Å². The van der Waals surface area contributed by atoms with Crippen LogP contribution in [0.25, 0.3) is 0 Å². The molecule has 3 unspecified atom stereocenters.